The molecule has 10 heteroatoms. The molecule has 2 heterocycles. The van der Waals surface area contributed by atoms with Crippen molar-refractivity contribution in [1.29, 1.82) is 0 Å². The second kappa shape index (κ2) is 11.4. The molecule has 1 N–H and O–H groups in total. The number of rotatable bonds is 9. The largest absolute Gasteiger partial charge is 0.497 e. The maximum absolute atomic E-state index is 14.7. The van der Waals surface area contributed by atoms with E-state index >= 15 is 0 Å². The molecule has 0 aliphatic rings. The van der Waals surface area contributed by atoms with Crippen molar-refractivity contribution in [1.82, 2.24) is 14.8 Å². The van der Waals surface area contributed by atoms with Crippen LogP contribution >= 0.6 is 0 Å². The third kappa shape index (κ3) is 5.42. The Balaban J connectivity index is 1.54. The molecular formula is C30H26F2N4O4. The second-order valence-electron chi connectivity index (χ2n) is 8.94. The summed E-state index contributed by atoms with van der Waals surface area (Å²) in [5, 5.41) is 7.47. The van der Waals surface area contributed by atoms with Gasteiger partial charge in [-0.05, 0) is 67.1 Å². The van der Waals surface area contributed by atoms with Crippen molar-refractivity contribution in [2.45, 2.75) is 19.6 Å². The summed E-state index contributed by atoms with van der Waals surface area (Å²) in [7, 11) is 2.89. The number of hydrogen-bond acceptors (Lipinski definition) is 7. The fourth-order valence-electron chi connectivity index (χ4n) is 4.32. The van der Waals surface area contributed by atoms with Crippen LogP contribution in [-0.2, 0) is 11.3 Å². The fraction of sp³-hybridized carbons (Fsp3) is 0.167. The summed E-state index contributed by atoms with van der Waals surface area (Å²) in [5.41, 5.74) is 2.40. The first kappa shape index (κ1) is 26.6. The Labute approximate surface area is 229 Å². The number of hydrogen-bond donors (Lipinski definition) is 1. The van der Waals surface area contributed by atoms with Crippen LogP contribution in [0.5, 0.6) is 11.5 Å². The van der Waals surface area contributed by atoms with E-state index in [1.54, 1.807) is 55.4 Å². The number of carbonyl (C=O) groups excluding carboxylic acids is 1. The van der Waals surface area contributed by atoms with Crippen LogP contribution in [0, 0.1) is 11.6 Å². The van der Waals surface area contributed by atoms with E-state index in [1.807, 2.05) is 24.3 Å². The van der Waals surface area contributed by atoms with Crippen molar-refractivity contribution >= 4 is 22.7 Å². The first-order valence-electron chi connectivity index (χ1n) is 12.4. The fourth-order valence-corrected chi connectivity index (χ4v) is 4.32. The summed E-state index contributed by atoms with van der Waals surface area (Å²) in [6.45, 7) is 2.11. The summed E-state index contributed by atoms with van der Waals surface area (Å²) >= 11 is 0. The van der Waals surface area contributed by atoms with Crippen LogP contribution < -0.4 is 14.8 Å². The molecule has 5 rings (SSSR count). The van der Waals surface area contributed by atoms with Gasteiger partial charge >= 0.3 is 5.97 Å². The topological polar surface area (TPSA) is 87.5 Å². The smallest absolute Gasteiger partial charge is 0.337 e. The number of aromatic nitrogens is 3. The van der Waals surface area contributed by atoms with Gasteiger partial charge in [-0.15, -0.1) is 0 Å². The molecule has 0 fully saturated rings. The molecule has 40 heavy (non-hydrogen) atoms. The molecule has 2 aromatic heterocycles. The Morgan fingerprint density at radius 1 is 1.02 bits per heavy atom. The Kier molecular flexibility index (Phi) is 7.59. The molecule has 3 aromatic carbocycles. The van der Waals surface area contributed by atoms with E-state index < -0.39 is 23.7 Å². The minimum absolute atomic E-state index is 0.0205. The normalized spacial score (nSPS) is 11.7. The number of anilines is 1. The lowest BCUT2D eigenvalue weighted by atomic mass is 10.0. The Morgan fingerprint density at radius 2 is 1.80 bits per heavy atom. The lowest BCUT2D eigenvalue weighted by Gasteiger charge is -2.21. The van der Waals surface area contributed by atoms with Crippen molar-refractivity contribution in [3.63, 3.8) is 0 Å². The summed E-state index contributed by atoms with van der Waals surface area (Å²) in [6, 6.07) is 17.7. The molecule has 204 valence electrons. The van der Waals surface area contributed by atoms with Gasteiger partial charge in [-0.2, -0.15) is 5.10 Å². The molecule has 8 nitrogen and oxygen atoms in total. The third-order valence-electron chi connectivity index (χ3n) is 6.41. The number of methoxy groups -OCH3 is 2. The zero-order chi connectivity index (χ0) is 28.2. The molecule has 0 amide bonds. The van der Waals surface area contributed by atoms with Crippen LogP contribution in [0.2, 0.25) is 0 Å². The quantitative estimate of drug-likeness (QED) is 0.220. The zero-order valence-electron chi connectivity index (χ0n) is 22.0. The third-order valence-corrected chi connectivity index (χ3v) is 6.41. The van der Waals surface area contributed by atoms with Crippen molar-refractivity contribution in [3.8, 4) is 17.2 Å². The minimum atomic E-state index is -0.666. The predicted molar refractivity (Wildman–Crippen MR) is 146 cm³/mol. The first-order valence-corrected chi connectivity index (χ1v) is 12.4. The first-order chi connectivity index (χ1) is 19.4. The summed E-state index contributed by atoms with van der Waals surface area (Å²) in [4.78, 5) is 16.7. The molecule has 0 aliphatic carbocycles. The lowest BCUT2D eigenvalue weighted by molar-refractivity contribution is 0.0600. The van der Waals surface area contributed by atoms with Crippen LogP contribution in [-0.4, -0.2) is 35.0 Å². The SMILES string of the molecule is COC(=O)c1ccc(-n2cccn2)c([C@H](C)Oc2cc3c(F)ccc(F)c3nc2NCc2ccc(OC)cc2)c1. The van der Waals surface area contributed by atoms with Gasteiger partial charge < -0.3 is 19.5 Å². The second-order valence-corrected chi connectivity index (χ2v) is 8.94. The van der Waals surface area contributed by atoms with E-state index in [-0.39, 0.29) is 22.5 Å². The van der Waals surface area contributed by atoms with E-state index in [2.05, 4.69) is 15.4 Å². The number of halogens is 2. The number of esters is 1. The highest BCUT2D eigenvalue weighted by atomic mass is 19.1. The predicted octanol–water partition coefficient (Wildman–Crippen LogP) is 6.25. The standard InChI is InChI=1S/C30H26F2N4O4/c1-18(22-15-20(30(37)39-3)7-12-26(22)36-14-4-13-34-36)40-27-16-23-24(31)10-11-25(32)28(23)35-29(27)33-17-19-5-8-21(38-2)9-6-19/h4-16,18H,17H2,1-3H3,(H,33,35)/t18-/m0/s1. The molecular weight excluding hydrogens is 518 g/mol. The van der Waals surface area contributed by atoms with Gasteiger partial charge in [0.05, 0.1) is 25.5 Å². The minimum Gasteiger partial charge on any atom is -0.497 e. The Morgan fingerprint density at radius 3 is 2.50 bits per heavy atom. The van der Waals surface area contributed by atoms with Crippen molar-refractivity contribution in [2.24, 2.45) is 0 Å². The lowest BCUT2D eigenvalue weighted by Crippen LogP contribution is -2.13. The van der Waals surface area contributed by atoms with Crippen LogP contribution in [0.1, 0.15) is 34.5 Å². The molecule has 1 atom stereocenters. The molecule has 0 spiro atoms. The average molecular weight is 545 g/mol. The number of nitrogens with zero attached hydrogens (tertiary/aromatic N) is 3. The average Bonchev–Trinajstić information content (AvgIpc) is 3.53. The van der Waals surface area contributed by atoms with Crippen molar-refractivity contribution < 1.29 is 27.8 Å². The maximum Gasteiger partial charge on any atom is 0.337 e. The number of pyridine rings is 1. The highest BCUT2D eigenvalue weighted by molar-refractivity contribution is 5.90. The highest BCUT2D eigenvalue weighted by Crippen LogP contribution is 2.35. The van der Waals surface area contributed by atoms with Crippen LogP contribution in [0.15, 0.2) is 79.1 Å². The van der Waals surface area contributed by atoms with E-state index in [4.69, 9.17) is 14.2 Å². The van der Waals surface area contributed by atoms with Gasteiger partial charge in [-0.25, -0.2) is 23.2 Å². The van der Waals surface area contributed by atoms with Crippen molar-refractivity contribution in [2.75, 3.05) is 19.5 Å². The summed E-state index contributed by atoms with van der Waals surface area (Å²) < 4.78 is 47.5. The van der Waals surface area contributed by atoms with E-state index in [0.29, 0.717) is 29.1 Å². The van der Waals surface area contributed by atoms with Gasteiger partial charge in [0.25, 0.3) is 0 Å². The van der Waals surface area contributed by atoms with Crippen molar-refractivity contribution in [3.05, 3.63) is 107 Å². The summed E-state index contributed by atoms with van der Waals surface area (Å²) in [5.74, 6) is -0.655. The van der Waals surface area contributed by atoms with Crippen LogP contribution in [0.25, 0.3) is 16.6 Å². The van der Waals surface area contributed by atoms with Crippen LogP contribution in [0.3, 0.4) is 0 Å². The molecule has 0 saturated carbocycles. The van der Waals surface area contributed by atoms with Gasteiger partial charge in [0.1, 0.15) is 29.0 Å². The number of carbonyl (C=O) groups is 1. The summed E-state index contributed by atoms with van der Waals surface area (Å²) in [6.07, 6.45) is 2.73. The number of benzene rings is 3. The van der Waals surface area contributed by atoms with Gasteiger partial charge in [-0.3, -0.25) is 0 Å². The number of ether oxygens (including phenoxy) is 3. The number of fused-ring (bicyclic) bond motifs is 1. The Hall–Kier alpha value is -4.99. The highest BCUT2D eigenvalue weighted by Gasteiger charge is 2.21. The molecule has 0 unspecified atom stereocenters. The molecule has 0 radical (unpaired) electrons. The van der Waals surface area contributed by atoms with Gasteiger partial charge in [0.15, 0.2) is 11.6 Å². The maximum atomic E-state index is 14.7. The number of nitrogens with one attached hydrogen (secondary N) is 1. The molecule has 0 aliphatic heterocycles. The molecule has 0 bridgehead atoms. The van der Waals surface area contributed by atoms with Crippen LogP contribution in [0.4, 0.5) is 14.6 Å². The van der Waals surface area contributed by atoms with E-state index in [1.165, 1.54) is 13.2 Å². The van der Waals surface area contributed by atoms with Gasteiger partial charge in [-0.1, -0.05) is 12.1 Å². The van der Waals surface area contributed by atoms with E-state index in [9.17, 15) is 13.6 Å². The molecule has 0 saturated heterocycles. The van der Waals surface area contributed by atoms with Gasteiger partial charge in [0, 0.05) is 29.9 Å². The zero-order valence-corrected chi connectivity index (χ0v) is 22.0. The molecule has 5 aromatic rings. The van der Waals surface area contributed by atoms with E-state index in [0.717, 1.165) is 17.7 Å². The van der Waals surface area contributed by atoms with Gasteiger partial charge in [0.2, 0.25) is 0 Å². The monoisotopic (exact) mass is 544 g/mol. The Bertz CT molecular complexity index is 1660.